The van der Waals surface area contributed by atoms with Crippen LogP contribution in [0.15, 0.2) is 77.3 Å². The Morgan fingerprint density at radius 1 is 0.548 bits per heavy atom. The number of unbranched alkanes of at least 4 members (excludes halogenated alkanes) is 10. The van der Waals surface area contributed by atoms with E-state index in [1.165, 1.54) is 75.0 Å². The summed E-state index contributed by atoms with van der Waals surface area (Å²) in [6.45, 7) is 6.10. The molecule has 4 rings (SSSR count). The normalized spacial score (nSPS) is 10.5. The monoisotopic (exact) mass is 638 g/mol. The number of ether oxygens (including phenoxy) is 2. The van der Waals surface area contributed by atoms with Gasteiger partial charge in [-0.3, -0.25) is 9.50 Å². The number of rotatable bonds is 17. The smallest absolute Gasteiger partial charge is 0.150 e. The van der Waals surface area contributed by atoms with Gasteiger partial charge in [0.2, 0.25) is 0 Å². The standard InChI is InChI=1S/C19H24O2.C18H23BrO.FH/c1-2-3-4-5-6-7-12-21-19-11-10-17-13-16(15-20)8-9-18(17)14-19;1-2-3-4-5-6-7-12-20-18-11-9-15-13-17(19)10-8-16(15)14-18;/h8-11,13-15H,2-7,12H2,1H3;8-11,13-14H,2-7,12H2,1H3;1H. The molecule has 42 heavy (non-hydrogen) atoms. The van der Waals surface area contributed by atoms with Crippen molar-refractivity contribution in [1.82, 2.24) is 0 Å². The van der Waals surface area contributed by atoms with Gasteiger partial charge in [-0.25, -0.2) is 0 Å². The van der Waals surface area contributed by atoms with Crippen molar-refractivity contribution in [2.24, 2.45) is 0 Å². The summed E-state index contributed by atoms with van der Waals surface area (Å²) in [5, 5.41) is 4.66. The second-order valence-electron chi connectivity index (χ2n) is 10.8. The number of benzene rings is 4. The molecule has 228 valence electrons. The Morgan fingerprint density at radius 2 is 0.976 bits per heavy atom. The van der Waals surface area contributed by atoms with Crippen LogP contribution in [0.3, 0.4) is 0 Å². The molecule has 4 aromatic carbocycles. The molecular weight excluding hydrogens is 591 g/mol. The molecule has 0 saturated carbocycles. The van der Waals surface area contributed by atoms with Crippen LogP contribution in [0.1, 0.15) is 101 Å². The Hall–Kier alpha value is -2.92. The summed E-state index contributed by atoms with van der Waals surface area (Å²) in [6.07, 6.45) is 16.3. The van der Waals surface area contributed by atoms with Crippen LogP contribution in [0.25, 0.3) is 21.5 Å². The van der Waals surface area contributed by atoms with Gasteiger partial charge in [-0.15, -0.1) is 0 Å². The molecule has 0 saturated heterocycles. The average molecular weight is 640 g/mol. The van der Waals surface area contributed by atoms with E-state index >= 15 is 0 Å². The Kier molecular flexibility index (Phi) is 17.5. The minimum Gasteiger partial charge on any atom is -0.494 e. The third-order valence-electron chi connectivity index (χ3n) is 7.28. The number of carbonyl (C=O) groups excluding carboxylic acids is 1. The maximum absolute atomic E-state index is 10.8. The minimum atomic E-state index is 0. The van der Waals surface area contributed by atoms with Crippen molar-refractivity contribution >= 4 is 43.8 Å². The molecule has 0 fully saturated rings. The number of fused-ring (bicyclic) bond motifs is 2. The summed E-state index contributed by atoms with van der Waals surface area (Å²) >= 11 is 3.50. The third kappa shape index (κ3) is 12.9. The Labute approximate surface area is 260 Å². The highest BCUT2D eigenvalue weighted by atomic mass is 79.9. The molecule has 0 aliphatic carbocycles. The fourth-order valence-electron chi connectivity index (χ4n) is 4.83. The van der Waals surface area contributed by atoms with Crippen molar-refractivity contribution in [3.05, 3.63) is 82.8 Å². The summed E-state index contributed by atoms with van der Waals surface area (Å²) in [6, 6.07) is 24.4. The molecule has 0 heterocycles. The Balaban J connectivity index is 0.000000287. The fourth-order valence-corrected chi connectivity index (χ4v) is 5.21. The molecule has 4 aromatic rings. The first-order valence-electron chi connectivity index (χ1n) is 15.6. The van der Waals surface area contributed by atoms with Gasteiger partial charge in [0.1, 0.15) is 17.8 Å². The van der Waals surface area contributed by atoms with E-state index in [0.29, 0.717) is 5.56 Å². The van der Waals surface area contributed by atoms with Crippen LogP contribution < -0.4 is 9.47 Å². The van der Waals surface area contributed by atoms with Gasteiger partial charge in [-0.1, -0.05) is 124 Å². The lowest BCUT2D eigenvalue weighted by Crippen LogP contribution is -1.97. The molecule has 0 radical (unpaired) electrons. The van der Waals surface area contributed by atoms with E-state index in [9.17, 15) is 4.79 Å². The van der Waals surface area contributed by atoms with E-state index < -0.39 is 0 Å². The largest absolute Gasteiger partial charge is 0.494 e. The number of aldehydes is 1. The molecule has 0 aliphatic heterocycles. The molecule has 0 aromatic heterocycles. The second kappa shape index (κ2) is 20.9. The topological polar surface area (TPSA) is 35.5 Å². The highest BCUT2D eigenvalue weighted by Crippen LogP contribution is 2.25. The number of hydrogen-bond donors (Lipinski definition) is 0. The van der Waals surface area contributed by atoms with Crippen LogP contribution >= 0.6 is 15.9 Å². The van der Waals surface area contributed by atoms with Gasteiger partial charge >= 0.3 is 0 Å². The van der Waals surface area contributed by atoms with E-state index in [-0.39, 0.29) is 4.70 Å². The lowest BCUT2D eigenvalue weighted by molar-refractivity contribution is 0.112. The molecule has 5 heteroatoms. The van der Waals surface area contributed by atoms with Crippen molar-refractivity contribution in [2.75, 3.05) is 13.2 Å². The molecule has 0 amide bonds. The van der Waals surface area contributed by atoms with E-state index in [4.69, 9.17) is 9.47 Å². The number of halogens is 2. The summed E-state index contributed by atoms with van der Waals surface area (Å²) in [5.74, 6) is 1.89. The number of hydrogen-bond acceptors (Lipinski definition) is 3. The quantitative estimate of drug-likeness (QED) is 0.0852. The van der Waals surface area contributed by atoms with Crippen LogP contribution in [0.2, 0.25) is 0 Å². The molecule has 0 atom stereocenters. The maximum Gasteiger partial charge on any atom is 0.150 e. The zero-order chi connectivity index (χ0) is 29.1. The van der Waals surface area contributed by atoms with Crippen molar-refractivity contribution in [1.29, 1.82) is 0 Å². The van der Waals surface area contributed by atoms with Crippen LogP contribution in [-0.2, 0) is 0 Å². The third-order valence-corrected chi connectivity index (χ3v) is 7.77. The first-order chi connectivity index (χ1) is 20.1. The predicted molar refractivity (Wildman–Crippen MR) is 181 cm³/mol. The second-order valence-corrected chi connectivity index (χ2v) is 11.7. The lowest BCUT2D eigenvalue weighted by Gasteiger charge is -2.07. The minimum absolute atomic E-state index is 0. The van der Waals surface area contributed by atoms with Gasteiger partial charge in [0.25, 0.3) is 0 Å². The van der Waals surface area contributed by atoms with Gasteiger partial charge < -0.3 is 9.47 Å². The van der Waals surface area contributed by atoms with Gasteiger partial charge in [-0.05, 0) is 76.9 Å². The Morgan fingerprint density at radius 3 is 1.50 bits per heavy atom. The maximum atomic E-state index is 10.8. The molecular formula is C37H48BrFO3. The van der Waals surface area contributed by atoms with Gasteiger partial charge in [0.15, 0.2) is 0 Å². The van der Waals surface area contributed by atoms with Gasteiger partial charge in [0.05, 0.1) is 13.2 Å². The molecule has 0 N–H and O–H groups in total. The average Bonchev–Trinajstić information content (AvgIpc) is 3.00. The molecule has 0 spiro atoms. The Bertz CT molecular complexity index is 1320. The first kappa shape index (κ1) is 35.3. The van der Waals surface area contributed by atoms with Gasteiger partial charge in [-0.2, -0.15) is 0 Å². The SMILES string of the molecule is CCCCCCCCOc1ccc2cc(Br)ccc2c1.CCCCCCCCOc1ccc2cc(C=O)ccc2c1.F. The van der Waals surface area contributed by atoms with E-state index in [0.717, 1.165) is 59.1 Å². The number of carbonyl (C=O) groups is 1. The van der Waals surface area contributed by atoms with Crippen molar-refractivity contribution in [3.8, 4) is 11.5 Å². The fraction of sp³-hybridized carbons (Fsp3) is 0.432. The highest BCUT2D eigenvalue weighted by Gasteiger charge is 2.01. The van der Waals surface area contributed by atoms with Crippen LogP contribution in [0, 0.1) is 0 Å². The van der Waals surface area contributed by atoms with E-state index in [1.807, 2.05) is 36.4 Å². The van der Waals surface area contributed by atoms with Crippen molar-refractivity contribution < 1.29 is 19.0 Å². The zero-order valence-corrected chi connectivity index (χ0v) is 27.0. The highest BCUT2D eigenvalue weighted by molar-refractivity contribution is 9.10. The van der Waals surface area contributed by atoms with Crippen LogP contribution in [0.4, 0.5) is 4.70 Å². The molecule has 0 bridgehead atoms. The predicted octanol–water partition coefficient (Wildman–Crippen LogP) is 11.9. The van der Waals surface area contributed by atoms with Crippen LogP contribution in [-0.4, -0.2) is 19.5 Å². The molecule has 3 nitrogen and oxygen atoms in total. The van der Waals surface area contributed by atoms with Crippen molar-refractivity contribution in [2.45, 2.75) is 90.9 Å². The van der Waals surface area contributed by atoms with Gasteiger partial charge in [0, 0.05) is 10.0 Å². The zero-order valence-electron chi connectivity index (χ0n) is 25.4. The van der Waals surface area contributed by atoms with Crippen molar-refractivity contribution in [3.63, 3.8) is 0 Å². The van der Waals surface area contributed by atoms with Crippen LogP contribution in [0.5, 0.6) is 11.5 Å². The molecule has 0 unspecified atom stereocenters. The summed E-state index contributed by atoms with van der Waals surface area (Å²) < 4.78 is 12.8. The summed E-state index contributed by atoms with van der Waals surface area (Å²) in [4.78, 5) is 10.8. The molecule has 0 aliphatic rings. The van der Waals surface area contributed by atoms with E-state index in [2.05, 4.69) is 66.2 Å². The van der Waals surface area contributed by atoms with E-state index in [1.54, 1.807) is 0 Å². The summed E-state index contributed by atoms with van der Waals surface area (Å²) in [7, 11) is 0. The lowest BCUT2D eigenvalue weighted by atomic mass is 10.1. The first-order valence-corrected chi connectivity index (χ1v) is 16.4. The summed E-state index contributed by atoms with van der Waals surface area (Å²) in [5.41, 5.74) is 0.711.